The minimum atomic E-state index is 0.323. The molecule has 1 heterocycles. The van der Waals surface area contributed by atoms with Crippen LogP contribution in [0.2, 0.25) is 0 Å². The van der Waals surface area contributed by atoms with Gasteiger partial charge in [0.25, 0.3) is 0 Å². The number of ether oxygens (including phenoxy) is 2. The van der Waals surface area contributed by atoms with Gasteiger partial charge in [-0.1, -0.05) is 33.0 Å². The Balaban J connectivity index is 1.93. The molecule has 3 rings (SSSR count). The topological polar surface area (TPSA) is 33.7 Å². The first-order valence-corrected chi connectivity index (χ1v) is 9.68. The van der Waals surface area contributed by atoms with Crippen molar-refractivity contribution in [2.24, 2.45) is 0 Å². The Morgan fingerprint density at radius 2 is 1.85 bits per heavy atom. The molecule has 2 aromatic rings. The maximum absolute atomic E-state index is 5.72. The van der Waals surface area contributed by atoms with Crippen LogP contribution in [0.15, 0.2) is 30.3 Å². The van der Waals surface area contributed by atoms with Crippen LogP contribution in [0.5, 0.6) is 11.5 Å². The van der Waals surface area contributed by atoms with Gasteiger partial charge >= 0.3 is 0 Å². The maximum Gasteiger partial charge on any atom is 0.132 e. The number of rotatable bonds is 5. The van der Waals surface area contributed by atoms with E-state index in [0.29, 0.717) is 22.6 Å². The van der Waals surface area contributed by atoms with Crippen molar-refractivity contribution in [2.45, 2.75) is 32.6 Å². The van der Waals surface area contributed by atoms with Gasteiger partial charge in [-0.15, -0.1) is 0 Å². The highest BCUT2D eigenvalue weighted by Gasteiger charge is 2.23. The van der Waals surface area contributed by atoms with Crippen molar-refractivity contribution in [1.82, 2.24) is 0 Å². The summed E-state index contributed by atoms with van der Waals surface area (Å²) in [6.45, 7) is 7.59. The van der Waals surface area contributed by atoms with Crippen molar-refractivity contribution in [1.29, 1.82) is 0 Å². The predicted octanol–water partition coefficient (Wildman–Crippen LogP) is 5.17. The molecule has 144 valence electrons. The fourth-order valence-corrected chi connectivity index (χ4v) is 4.01. The molecule has 1 atom stereocenters. The van der Waals surface area contributed by atoms with Gasteiger partial charge in [-0.2, -0.15) is 0 Å². The van der Waals surface area contributed by atoms with Crippen LogP contribution in [0, 0.1) is 0 Å². The van der Waals surface area contributed by atoms with E-state index >= 15 is 0 Å². The lowest BCUT2D eigenvalue weighted by Gasteiger charge is -2.18. The zero-order valence-corrected chi connectivity index (χ0v) is 17.7. The first kappa shape index (κ1) is 19.5. The number of methoxy groups -OCH3 is 2. The molecule has 0 saturated carbocycles. The zero-order valence-electron chi connectivity index (χ0n) is 16.9. The summed E-state index contributed by atoms with van der Waals surface area (Å²) in [5.74, 6) is 2.37. The van der Waals surface area contributed by atoms with Gasteiger partial charge in [0.2, 0.25) is 0 Å². The lowest BCUT2D eigenvalue weighted by molar-refractivity contribution is 0.389. The predicted molar refractivity (Wildman–Crippen MR) is 117 cm³/mol. The molecule has 0 bridgehead atoms. The fourth-order valence-electron chi connectivity index (χ4n) is 3.73. The summed E-state index contributed by atoms with van der Waals surface area (Å²) in [5.41, 5.74) is 5.65. The van der Waals surface area contributed by atoms with Crippen LogP contribution in [0.4, 0.5) is 11.4 Å². The number of benzene rings is 2. The Hall–Kier alpha value is -2.27. The van der Waals surface area contributed by atoms with Crippen molar-refractivity contribution in [3.8, 4) is 11.5 Å². The molecule has 0 fully saturated rings. The molecule has 1 aliphatic heterocycles. The molecule has 1 unspecified atom stereocenters. The van der Waals surface area contributed by atoms with Crippen LogP contribution in [-0.2, 0) is 0 Å². The zero-order chi connectivity index (χ0) is 19.7. The molecular formula is C22H28N2O2S. The molecule has 4 nitrogen and oxygen atoms in total. The monoisotopic (exact) mass is 384 g/mol. The number of fused-ring (bicyclic) bond motifs is 1. The molecule has 0 aliphatic carbocycles. The highest BCUT2D eigenvalue weighted by Crippen LogP contribution is 2.37. The molecule has 0 aromatic heterocycles. The van der Waals surface area contributed by atoms with E-state index in [1.54, 1.807) is 14.2 Å². The third-order valence-corrected chi connectivity index (χ3v) is 5.52. The number of hydrogen-bond donors (Lipinski definition) is 1. The number of nitrogens with zero attached hydrogens (tertiary/aromatic N) is 1. The van der Waals surface area contributed by atoms with Crippen molar-refractivity contribution in [3.05, 3.63) is 47.0 Å². The van der Waals surface area contributed by atoms with Gasteiger partial charge in [0.05, 0.1) is 19.8 Å². The largest absolute Gasteiger partial charge is 0.496 e. The Bertz CT molecular complexity index is 864. The number of hydrogen-bond acceptors (Lipinski definition) is 4. The van der Waals surface area contributed by atoms with Crippen LogP contribution in [0.1, 0.15) is 49.3 Å². The van der Waals surface area contributed by atoms with E-state index in [2.05, 4.69) is 62.3 Å². The number of thiocarbonyl (C=S) groups is 1. The molecule has 5 heteroatoms. The van der Waals surface area contributed by atoms with E-state index < -0.39 is 0 Å². The number of likely N-dealkylation sites (N-methyl/N-ethyl adjacent to an activating group) is 1. The maximum atomic E-state index is 5.72. The molecule has 27 heavy (non-hydrogen) atoms. The van der Waals surface area contributed by atoms with Crippen molar-refractivity contribution >= 4 is 28.6 Å². The normalized spacial score (nSPS) is 15.7. The van der Waals surface area contributed by atoms with E-state index in [-0.39, 0.29) is 0 Å². The lowest BCUT2D eigenvalue weighted by atomic mass is 9.98. The van der Waals surface area contributed by atoms with E-state index in [9.17, 15) is 0 Å². The molecule has 0 saturated heterocycles. The third-order valence-electron chi connectivity index (χ3n) is 5.19. The number of anilines is 2. The van der Waals surface area contributed by atoms with Gasteiger partial charge < -0.3 is 19.7 Å². The minimum Gasteiger partial charge on any atom is -0.496 e. The van der Waals surface area contributed by atoms with Crippen LogP contribution in [0.3, 0.4) is 0 Å². The number of nitrogens with one attached hydrogen (secondary N) is 1. The smallest absolute Gasteiger partial charge is 0.132 e. The molecule has 0 amide bonds. The Labute approximate surface area is 167 Å². The average Bonchev–Trinajstić information content (AvgIpc) is 2.93. The molecule has 1 N–H and O–H groups in total. The average molecular weight is 385 g/mol. The Kier molecular flexibility index (Phi) is 5.61. The molecule has 0 radical (unpaired) electrons. The van der Waals surface area contributed by atoms with Crippen LogP contribution in [-0.4, -0.2) is 32.8 Å². The van der Waals surface area contributed by atoms with E-state index in [1.165, 1.54) is 11.3 Å². The van der Waals surface area contributed by atoms with Crippen LogP contribution in [0.25, 0.3) is 0 Å². The third kappa shape index (κ3) is 3.74. The van der Waals surface area contributed by atoms with Gasteiger partial charge in [-0.3, -0.25) is 0 Å². The van der Waals surface area contributed by atoms with Gasteiger partial charge in [-0.25, -0.2) is 0 Å². The van der Waals surface area contributed by atoms with Gasteiger partial charge in [0.15, 0.2) is 0 Å². The first-order valence-electron chi connectivity index (χ1n) is 9.28. The fraction of sp³-hybridized carbons (Fsp3) is 0.409. The molecule has 1 aliphatic rings. The van der Waals surface area contributed by atoms with Crippen molar-refractivity contribution < 1.29 is 9.47 Å². The van der Waals surface area contributed by atoms with Crippen LogP contribution < -0.4 is 19.7 Å². The van der Waals surface area contributed by atoms with Gasteiger partial charge in [-0.05, 0) is 41.3 Å². The minimum absolute atomic E-state index is 0.323. The van der Waals surface area contributed by atoms with Crippen LogP contribution >= 0.6 is 12.2 Å². The molecule has 2 aromatic carbocycles. The summed E-state index contributed by atoms with van der Waals surface area (Å²) in [6, 6.07) is 10.4. The standard InChI is InChI=1S/C22H28N2O2S/c1-13(2)16-10-18(21(26-6)11-20(16)25-5)22(27)23-15-7-8-19-17(9-15)14(3)12-24(19)4/h7-11,13-14H,12H2,1-6H3,(H,23,27). The lowest BCUT2D eigenvalue weighted by Crippen LogP contribution is -2.14. The first-order chi connectivity index (χ1) is 12.8. The summed E-state index contributed by atoms with van der Waals surface area (Å²) in [5, 5.41) is 3.39. The summed E-state index contributed by atoms with van der Waals surface area (Å²) in [6.07, 6.45) is 0. The van der Waals surface area contributed by atoms with Gasteiger partial charge in [0.1, 0.15) is 16.5 Å². The second kappa shape index (κ2) is 7.77. The summed E-state index contributed by atoms with van der Waals surface area (Å²) in [4.78, 5) is 2.94. The molecular weight excluding hydrogens is 356 g/mol. The Morgan fingerprint density at radius 3 is 2.48 bits per heavy atom. The summed E-state index contributed by atoms with van der Waals surface area (Å²) < 4.78 is 11.1. The van der Waals surface area contributed by atoms with E-state index in [1.807, 2.05) is 6.07 Å². The van der Waals surface area contributed by atoms with E-state index in [0.717, 1.165) is 29.1 Å². The van der Waals surface area contributed by atoms with E-state index in [4.69, 9.17) is 21.7 Å². The second-order valence-corrected chi connectivity index (χ2v) is 7.87. The summed E-state index contributed by atoms with van der Waals surface area (Å²) >= 11 is 5.72. The summed E-state index contributed by atoms with van der Waals surface area (Å²) in [7, 11) is 5.47. The van der Waals surface area contributed by atoms with Gasteiger partial charge in [0, 0.05) is 37.0 Å². The highest BCUT2D eigenvalue weighted by atomic mass is 32.1. The molecule has 0 spiro atoms. The van der Waals surface area contributed by atoms with Crippen molar-refractivity contribution in [3.63, 3.8) is 0 Å². The SMILES string of the molecule is COc1cc(OC)c(C(C)C)cc1C(=S)Nc1ccc2c(c1)C(C)CN2C. The highest BCUT2D eigenvalue weighted by molar-refractivity contribution is 7.81. The second-order valence-electron chi connectivity index (χ2n) is 7.46. The van der Waals surface area contributed by atoms with Crippen molar-refractivity contribution in [2.75, 3.05) is 38.0 Å². The quantitative estimate of drug-likeness (QED) is 0.720. The Morgan fingerprint density at radius 1 is 1.15 bits per heavy atom.